The summed E-state index contributed by atoms with van der Waals surface area (Å²) in [5.74, 6) is -0.0427. The molecule has 0 aliphatic carbocycles. The van der Waals surface area contributed by atoms with Crippen LogP contribution in [-0.4, -0.2) is 33.9 Å². The molecule has 0 saturated carbocycles. The van der Waals surface area contributed by atoms with E-state index in [1.165, 1.54) is 18.8 Å². The van der Waals surface area contributed by atoms with Crippen molar-refractivity contribution in [2.75, 3.05) is 13.1 Å². The standard InChI is InChI=1S/C10H12ClN3O/c11-9-7-12-8(6-13-9)10(15)14-4-2-1-3-5-14/h6-7H,1-5H2. The van der Waals surface area contributed by atoms with Crippen LogP contribution >= 0.6 is 11.6 Å². The second-order valence-corrected chi connectivity index (χ2v) is 3.96. The molecular weight excluding hydrogens is 214 g/mol. The second kappa shape index (κ2) is 4.57. The van der Waals surface area contributed by atoms with Gasteiger partial charge in [-0.05, 0) is 19.3 Å². The average molecular weight is 226 g/mol. The smallest absolute Gasteiger partial charge is 0.274 e. The Morgan fingerprint density at radius 1 is 1.20 bits per heavy atom. The molecule has 1 saturated heterocycles. The van der Waals surface area contributed by atoms with E-state index in [9.17, 15) is 4.79 Å². The Hall–Kier alpha value is -1.16. The van der Waals surface area contributed by atoms with Crippen molar-refractivity contribution in [2.24, 2.45) is 0 Å². The van der Waals surface area contributed by atoms with Crippen LogP contribution in [0.2, 0.25) is 5.15 Å². The number of piperidine rings is 1. The van der Waals surface area contributed by atoms with Gasteiger partial charge in [-0.25, -0.2) is 9.97 Å². The van der Waals surface area contributed by atoms with Gasteiger partial charge in [0, 0.05) is 13.1 Å². The molecule has 80 valence electrons. The highest BCUT2D eigenvalue weighted by atomic mass is 35.5. The van der Waals surface area contributed by atoms with Gasteiger partial charge >= 0.3 is 0 Å². The molecule has 0 spiro atoms. The molecule has 1 amide bonds. The van der Waals surface area contributed by atoms with E-state index in [-0.39, 0.29) is 5.91 Å². The summed E-state index contributed by atoms with van der Waals surface area (Å²) in [6, 6.07) is 0. The van der Waals surface area contributed by atoms with E-state index < -0.39 is 0 Å². The molecule has 1 aliphatic rings. The number of hydrogen-bond acceptors (Lipinski definition) is 3. The van der Waals surface area contributed by atoms with Crippen LogP contribution in [0.5, 0.6) is 0 Å². The summed E-state index contributed by atoms with van der Waals surface area (Å²) >= 11 is 5.60. The van der Waals surface area contributed by atoms with Crippen molar-refractivity contribution in [3.05, 3.63) is 23.2 Å². The van der Waals surface area contributed by atoms with Crippen LogP contribution in [0.3, 0.4) is 0 Å². The van der Waals surface area contributed by atoms with Crippen molar-refractivity contribution in [1.82, 2.24) is 14.9 Å². The first-order valence-corrected chi connectivity index (χ1v) is 5.42. The van der Waals surface area contributed by atoms with Gasteiger partial charge in [-0.2, -0.15) is 0 Å². The number of aromatic nitrogens is 2. The first-order chi connectivity index (χ1) is 7.27. The molecule has 2 heterocycles. The molecule has 0 bridgehead atoms. The van der Waals surface area contributed by atoms with Gasteiger partial charge in [0.25, 0.3) is 5.91 Å². The molecule has 4 nitrogen and oxygen atoms in total. The van der Waals surface area contributed by atoms with E-state index in [4.69, 9.17) is 11.6 Å². The minimum atomic E-state index is -0.0427. The number of halogens is 1. The van der Waals surface area contributed by atoms with Crippen LogP contribution in [0, 0.1) is 0 Å². The highest BCUT2D eigenvalue weighted by molar-refractivity contribution is 6.29. The van der Waals surface area contributed by atoms with E-state index in [2.05, 4.69) is 9.97 Å². The Bertz CT molecular complexity index is 346. The monoisotopic (exact) mass is 225 g/mol. The lowest BCUT2D eigenvalue weighted by Gasteiger charge is -2.26. The highest BCUT2D eigenvalue weighted by Crippen LogP contribution is 2.12. The molecule has 0 unspecified atom stereocenters. The molecule has 1 aromatic heterocycles. The maximum Gasteiger partial charge on any atom is 0.274 e. The SMILES string of the molecule is O=C(c1cnc(Cl)cn1)N1CCCCC1. The van der Waals surface area contributed by atoms with Gasteiger partial charge < -0.3 is 4.90 Å². The quantitative estimate of drug-likeness (QED) is 0.732. The molecule has 2 rings (SSSR count). The zero-order valence-electron chi connectivity index (χ0n) is 8.32. The molecule has 5 heteroatoms. The Morgan fingerprint density at radius 3 is 2.53 bits per heavy atom. The molecule has 0 N–H and O–H groups in total. The van der Waals surface area contributed by atoms with E-state index in [1.807, 2.05) is 4.90 Å². The Balaban J connectivity index is 2.09. The Morgan fingerprint density at radius 2 is 1.93 bits per heavy atom. The largest absolute Gasteiger partial charge is 0.337 e. The maximum atomic E-state index is 11.9. The fourth-order valence-corrected chi connectivity index (χ4v) is 1.78. The third-order valence-corrected chi connectivity index (χ3v) is 2.68. The van der Waals surface area contributed by atoms with Crippen LogP contribution in [0.4, 0.5) is 0 Å². The molecule has 0 atom stereocenters. The zero-order valence-corrected chi connectivity index (χ0v) is 9.07. The summed E-state index contributed by atoms with van der Waals surface area (Å²) in [7, 11) is 0. The number of hydrogen-bond donors (Lipinski definition) is 0. The number of carbonyl (C=O) groups is 1. The highest BCUT2D eigenvalue weighted by Gasteiger charge is 2.19. The van der Waals surface area contributed by atoms with Crippen LogP contribution in [0.1, 0.15) is 29.8 Å². The lowest BCUT2D eigenvalue weighted by Crippen LogP contribution is -2.36. The van der Waals surface area contributed by atoms with Gasteiger partial charge in [-0.1, -0.05) is 11.6 Å². The van der Waals surface area contributed by atoms with Gasteiger partial charge in [-0.3, -0.25) is 4.79 Å². The van der Waals surface area contributed by atoms with Gasteiger partial charge in [0.2, 0.25) is 0 Å². The van der Waals surface area contributed by atoms with Gasteiger partial charge in [-0.15, -0.1) is 0 Å². The van der Waals surface area contributed by atoms with E-state index in [0.29, 0.717) is 10.8 Å². The summed E-state index contributed by atoms with van der Waals surface area (Å²) in [6.45, 7) is 1.65. The summed E-state index contributed by atoms with van der Waals surface area (Å²) in [4.78, 5) is 21.5. The van der Waals surface area contributed by atoms with Gasteiger partial charge in [0.15, 0.2) is 0 Å². The van der Waals surface area contributed by atoms with Crippen LogP contribution in [0.25, 0.3) is 0 Å². The van der Waals surface area contributed by atoms with Crippen LogP contribution in [0.15, 0.2) is 12.4 Å². The number of rotatable bonds is 1. The molecule has 1 aromatic rings. The normalized spacial score (nSPS) is 16.5. The van der Waals surface area contributed by atoms with Gasteiger partial charge in [0.1, 0.15) is 10.8 Å². The lowest BCUT2D eigenvalue weighted by atomic mass is 10.1. The number of likely N-dealkylation sites (tertiary alicyclic amines) is 1. The van der Waals surface area contributed by atoms with Crippen molar-refractivity contribution < 1.29 is 4.79 Å². The van der Waals surface area contributed by atoms with E-state index in [1.54, 1.807) is 0 Å². The predicted molar refractivity (Wildman–Crippen MR) is 56.8 cm³/mol. The first-order valence-electron chi connectivity index (χ1n) is 5.04. The lowest BCUT2D eigenvalue weighted by molar-refractivity contribution is 0.0718. The topological polar surface area (TPSA) is 46.1 Å². The van der Waals surface area contributed by atoms with Crippen molar-refractivity contribution in [3.8, 4) is 0 Å². The molecule has 15 heavy (non-hydrogen) atoms. The molecule has 0 radical (unpaired) electrons. The predicted octanol–water partition coefficient (Wildman–Crippen LogP) is 1.76. The molecule has 1 aliphatic heterocycles. The third kappa shape index (κ3) is 2.45. The molecular formula is C10H12ClN3O. The van der Waals surface area contributed by atoms with Crippen LogP contribution in [-0.2, 0) is 0 Å². The van der Waals surface area contributed by atoms with E-state index in [0.717, 1.165) is 25.9 Å². The van der Waals surface area contributed by atoms with Crippen molar-refractivity contribution >= 4 is 17.5 Å². The van der Waals surface area contributed by atoms with Crippen LogP contribution < -0.4 is 0 Å². The summed E-state index contributed by atoms with van der Waals surface area (Å²) < 4.78 is 0. The first kappa shape index (κ1) is 10.4. The average Bonchev–Trinajstić information content (AvgIpc) is 2.30. The summed E-state index contributed by atoms with van der Waals surface area (Å²) in [5, 5.41) is 0.310. The fourth-order valence-electron chi connectivity index (χ4n) is 1.68. The summed E-state index contributed by atoms with van der Waals surface area (Å²) in [6.07, 6.45) is 6.19. The Kier molecular flexibility index (Phi) is 3.16. The molecule has 0 aromatic carbocycles. The fraction of sp³-hybridized carbons (Fsp3) is 0.500. The zero-order chi connectivity index (χ0) is 10.7. The summed E-state index contributed by atoms with van der Waals surface area (Å²) in [5.41, 5.74) is 0.376. The maximum absolute atomic E-state index is 11.9. The van der Waals surface area contributed by atoms with Gasteiger partial charge in [0.05, 0.1) is 12.4 Å². The minimum absolute atomic E-state index is 0.0427. The van der Waals surface area contributed by atoms with E-state index >= 15 is 0 Å². The third-order valence-electron chi connectivity index (χ3n) is 2.48. The Labute approximate surface area is 93.3 Å². The van der Waals surface area contributed by atoms with Crippen molar-refractivity contribution in [3.63, 3.8) is 0 Å². The van der Waals surface area contributed by atoms with Crippen molar-refractivity contribution in [2.45, 2.75) is 19.3 Å². The number of carbonyl (C=O) groups excluding carboxylic acids is 1. The number of nitrogens with zero attached hydrogens (tertiary/aromatic N) is 3. The minimum Gasteiger partial charge on any atom is -0.337 e. The second-order valence-electron chi connectivity index (χ2n) is 3.58. The van der Waals surface area contributed by atoms with Crippen molar-refractivity contribution in [1.29, 1.82) is 0 Å². The molecule has 1 fully saturated rings. The number of amides is 1.